The first-order chi connectivity index (χ1) is 9.25. The van der Waals surface area contributed by atoms with Crippen molar-refractivity contribution in [2.75, 3.05) is 0 Å². The van der Waals surface area contributed by atoms with Crippen LogP contribution in [-0.4, -0.2) is 29.2 Å². The van der Waals surface area contributed by atoms with E-state index in [0.717, 1.165) is 0 Å². The molecule has 0 heterocycles. The minimum Gasteiger partial charge on any atom is -0.380 e. The molecule has 0 bridgehead atoms. The van der Waals surface area contributed by atoms with E-state index in [0.29, 0.717) is 0 Å². The molecular formula is C14H21F5O. The highest BCUT2D eigenvalue weighted by molar-refractivity contribution is 5.01. The second-order valence-electron chi connectivity index (χ2n) is 6.22. The Morgan fingerprint density at radius 3 is 1.20 bits per heavy atom. The Hall–Kier alpha value is -0.390. The molecule has 0 aromatic carbocycles. The molecule has 0 aromatic heterocycles. The highest BCUT2D eigenvalue weighted by Crippen LogP contribution is 2.51. The van der Waals surface area contributed by atoms with Gasteiger partial charge in [-0.05, 0) is 63.2 Å². The fourth-order valence-corrected chi connectivity index (χ4v) is 3.78. The van der Waals surface area contributed by atoms with Gasteiger partial charge >= 0.3 is 6.18 Å². The summed E-state index contributed by atoms with van der Waals surface area (Å²) in [7, 11) is 0. The standard InChI is InChI=1S/C14H21F5O/c15-11-5-1-9(2-6-11)13(20,14(17,18)19)10-3-7-12(16)8-4-10/h9-12,20H,1-8H2. The van der Waals surface area contributed by atoms with Gasteiger partial charge in [0.2, 0.25) is 0 Å². The van der Waals surface area contributed by atoms with Crippen molar-refractivity contribution in [3.8, 4) is 0 Å². The molecule has 2 fully saturated rings. The predicted molar refractivity (Wildman–Crippen MR) is 64.7 cm³/mol. The third-order valence-corrected chi connectivity index (χ3v) is 5.01. The molecule has 2 aliphatic carbocycles. The Bertz CT molecular complexity index is 292. The largest absolute Gasteiger partial charge is 0.417 e. The lowest BCUT2D eigenvalue weighted by molar-refractivity contribution is -0.307. The minimum absolute atomic E-state index is 0.0483. The van der Waals surface area contributed by atoms with Crippen molar-refractivity contribution in [2.45, 2.75) is 75.5 Å². The average Bonchev–Trinajstić information content (AvgIpc) is 2.38. The van der Waals surface area contributed by atoms with E-state index in [9.17, 15) is 27.1 Å². The highest BCUT2D eigenvalue weighted by Gasteiger charge is 2.62. The zero-order valence-electron chi connectivity index (χ0n) is 11.3. The summed E-state index contributed by atoms with van der Waals surface area (Å²) in [5.41, 5.74) is -2.78. The quantitative estimate of drug-likeness (QED) is 0.752. The van der Waals surface area contributed by atoms with E-state index in [1.807, 2.05) is 0 Å². The van der Waals surface area contributed by atoms with E-state index in [1.165, 1.54) is 0 Å². The maximum Gasteiger partial charge on any atom is 0.417 e. The van der Waals surface area contributed by atoms with Crippen LogP contribution < -0.4 is 0 Å². The van der Waals surface area contributed by atoms with Crippen LogP contribution in [0.1, 0.15) is 51.4 Å². The summed E-state index contributed by atoms with van der Waals surface area (Å²) in [6, 6.07) is 0. The van der Waals surface area contributed by atoms with E-state index in [1.54, 1.807) is 0 Å². The van der Waals surface area contributed by atoms with Gasteiger partial charge in [-0.1, -0.05) is 0 Å². The second-order valence-corrected chi connectivity index (χ2v) is 6.22. The Kier molecular flexibility index (Phi) is 4.62. The molecule has 118 valence electrons. The SMILES string of the molecule is OC(C1CCC(F)CC1)(C1CCC(F)CC1)C(F)(F)F. The van der Waals surface area contributed by atoms with Gasteiger partial charge in [-0.25, -0.2) is 8.78 Å². The van der Waals surface area contributed by atoms with Gasteiger partial charge in [0, 0.05) is 0 Å². The molecule has 0 atom stereocenters. The van der Waals surface area contributed by atoms with Crippen molar-refractivity contribution in [3.63, 3.8) is 0 Å². The monoisotopic (exact) mass is 300 g/mol. The van der Waals surface area contributed by atoms with Crippen LogP contribution in [0.3, 0.4) is 0 Å². The second kappa shape index (κ2) is 5.78. The summed E-state index contributed by atoms with van der Waals surface area (Å²) in [5.74, 6) is -1.92. The van der Waals surface area contributed by atoms with Crippen LogP contribution in [0.15, 0.2) is 0 Å². The van der Waals surface area contributed by atoms with Crippen LogP contribution in [0.25, 0.3) is 0 Å². The van der Waals surface area contributed by atoms with Gasteiger partial charge in [0.05, 0.1) is 0 Å². The third kappa shape index (κ3) is 2.95. The maximum atomic E-state index is 13.4. The Morgan fingerprint density at radius 2 is 0.950 bits per heavy atom. The molecule has 0 radical (unpaired) electrons. The Morgan fingerprint density at radius 1 is 0.650 bits per heavy atom. The molecule has 2 saturated carbocycles. The molecule has 0 unspecified atom stereocenters. The maximum absolute atomic E-state index is 13.4. The molecule has 20 heavy (non-hydrogen) atoms. The summed E-state index contributed by atoms with van der Waals surface area (Å²) < 4.78 is 66.5. The first-order valence-electron chi connectivity index (χ1n) is 7.32. The number of alkyl halides is 5. The number of hydrogen-bond donors (Lipinski definition) is 1. The number of hydrogen-bond acceptors (Lipinski definition) is 1. The minimum atomic E-state index is -4.74. The lowest BCUT2D eigenvalue weighted by Crippen LogP contribution is -2.58. The van der Waals surface area contributed by atoms with Crippen molar-refractivity contribution in [1.29, 1.82) is 0 Å². The molecule has 0 amide bonds. The smallest absolute Gasteiger partial charge is 0.380 e. The van der Waals surface area contributed by atoms with Gasteiger partial charge in [-0.2, -0.15) is 13.2 Å². The number of halogens is 5. The molecule has 1 nitrogen and oxygen atoms in total. The number of aliphatic hydroxyl groups is 1. The molecule has 1 N–H and O–H groups in total. The van der Waals surface area contributed by atoms with Crippen molar-refractivity contribution in [3.05, 3.63) is 0 Å². The summed E-state index contributed by atoms with van der Waals surface area (Å²) in [4.78, 5) is 0. The van der Waals surface area contributed by atoms with Crippen LogP contribution in [0.4, 0.5) is 22.0 Å². The third-order valence-electron chi connectivity index (χ3n) is 5.01. The van der Waals surface area contributed by atoms with Crippen molar-refractivity contribution in [1.82, 2.24) is 0 Å². The van der Waals surface area contributed by atoms with Crippen LogP contribution >= 0.6 is 0 Å². The van der Waals surface area contributed by atoms with Gasteiger partial charge in [-0.15, -0.1) is 0 Å². The molecule has 0 spiro atoms. The molecule has 0 aliphatic heterocycles. The Balaban J connectivity index is 2.17. The Labute approximate surface area is 115 Å². The molecular weight excluding hydrogens is 279 g/mol. The number of rotatable bonds is 2. The summed E-state index contributed by atoms with van der Waals surface area (Å²) >= 11 is 0. The fraction of sp³-hybridized carbons (Fsp3) is 1.00. The normalized spacial score (nSPS) is 39.3. The van der Waals surface area contributed by atoms with E-state index in [4.69, 9.17) is 0 Å². The lowest BCUT2D eigenvalue weighted by Gasteiger charge is -2.46. The fourth-order valence-electron chi connectivity index (χ4n) is 3.78. The van der Waals surface area contributed by atoms with Gasteiger partial charge in [0.15, 0.2) is 5.60 Å². The first kappa shape index (κ1) is 16.0. The summed E-state index contributed by atoms with van der Waals surface area (Å²) in [6.45, 7) is 0. The van der Waals surface area contributed by atoms with E-state index < -0.39 is 36.0 Å². The van der Waals surface area contributed by atoms with E-state index >= 15 is 0 Å². The topological polar surface area (TPSA) is 20.2 Å². The van der Waals surface area contributed by atoms with Crippen molar-refractivity contribution < 1.29 is 27.1 Å². The zero-order chi connectivity index (χ0) is 15.0. The summed E-state index contributed by atoms with van der Waals surface area (Å²) in [5, 5.41) is 10.4. The molecule has 2 aliphatic rings. The average molecular weight is 300 g/mol. The van der Waals surface area contributed by atoms with Crippen molar-refractivity contribution in [2.24, 2.45) is 11.8 Å². The molecule has 0 aromatic rings. The van der Waals surface area contributed by atoms with Gasteiger partial charge in [0.1, 0.15) is 12.3 Å². The van der Waals surface area contributed by atoms with Gasteiger partial charge in [0.25, 0.3) is 0 Å². The van der Waals surface area contributed by atoms with Gasteiger partial charge < -0.3 is 5.11 Å². The zero-order valence-corrected chi connectivity index (χ0v) is 11.3. The molecule has 2 rings (SSSR count). The molecule has 6 heteroatoms. The molecule has 0 saturated heterocycles. The lowest BCUT2D eigenvalue weighted by atomic mass is 9.65. The summed E-state index contributed by atoms with van der Waals surface area (Å²) in [6.07, 6.45) is -6.39. The van der Waals surface area contributed by atoms with Crippen LogP contribution in [-0.2, 0) is 0 Å². The predicted octanol–water partition coefficient (Wildman–Crippen LogP) is 4.34. The van der Waals surface area contributed by atoms with E-state index in [2.05, 4.69) is 0 Å². The van der Waals surface area contributed by atoms with Crippen LogP contribution in [0.5, 0.6) is 0 Å². The van der Waals surface area contributed by atoms with Crippen LogP contribution in [0.2, 0.25) is 0 Å². The van der Waals surface area contributed by atoms with Gasteiger partial charge in [-0.3, -0.25) is 0 Å². The van der Waals surface area contributed by atoms with Crippen LogP contribution in [0, 0.1) is 11.8 Å². The van der Waals surface area contributed by atoms with E-state index in [-0.39, 0.29) is 51.4 Å². The highest BCUT2D eigenvalue weighted by atomic mass is 19.4. The first-order valence-corrected chi connectivity index (χ1v) is 7.32. The van der Waals surface area contributed by atoms with Crippen molar-refractivity contribution >= 4 is 0 Å².